The van der Waals surface area contributed by atoms with Crippen LogP contribution in [0.3, 0.4) is 0 Å². The predicted molar refractivity (Wildman–Crippen MR) is 121 cm³/mol. The fraction of sp³-hybridized carbons (Fsp3) is 0.292. The molecule has 0 bridgehead atoms. The van der Waals surface area contributed by atoms with Crippen LogP contribution in [0.5, 0.6) is 5.75 Å². The average Bonchev–Trinajstić information content (AvgIpc) is 3.20. The van der Waals surface area contributed by atoms with E-state index in [0.29, 0.717) is 5.56 Å². The number of carbonyl (C=O) groups is 2. The number of fused-ring (bicyclic) bond motifs is 1. The maximum Gasteiger partial charge on any atom is 0.424 e. The fourth-order valence-corrected chi connectivity index (χ4v) is 3.87. The molecule has 13 heteroatoms. The van der Waals surface area contributed by atoms with Crippen LogP contribution in [0.2, 0.25) is 0 Å². The molecule has 3 heterocycles. The Morgan fingerprint density at radius 2 is 1.92 bits per heavy atom. The molecule has 3 aromatic rings. The van der Waals surface area contributed by atoms with E-state index in [1.807, 2.05) is 0 Å². The quantitative estimate of drug-likeness (QED) is 0.425. The number of rotatable bonds is 6. The van der Waals surface area contributed by atoms with E-state index in [0.717, 1.165) is 24.5 Å². The molecule has 194 valence electrons. The first-order valence-electron chi connectivity index (χ1n) is 10.9. The van der Waals surface area contributed by atoms with Gasteiger partial charge in [-0.15, -0.1) is 0 Å². The van der Waals surface area contributed by atoms with Gasteiger partial charge in [-0.25, -0.2) is 19.3 Å². The van der Waals surface area contributed by atoms with E-state index in [1.165, 1.54) is 32.2 Å². The highest BCUT2D eigenvalue weighted by Gasteiger charge is 2.57. The van der Waals surface area contributed by atoms with E-state index in [2.05, 4.69) is 20.3 Å². The lowest BCUT2D eigenvalue weighted by molar-refractivity contribution is -0.265. The summed E-state index contributed by atoms with van der Waals surface area (Å²) in [6.07, 6.45) is -2.97. The van der Waals surface area contributed by atoms with Crippen LogP contribution in [0.25, 0.3) is 11.3 Å². The summed E-state index contributed by atoms with van der Waals surface area (Å²) in [7, 11) is 0. The van der Waals surface area contributed by atoms with Crippen molar-refractivity contribution < 1.29 is 37.0 Å². The van der Waals surface area contributed by atoms with Crippen LogP contribution in [-0.4, -0.2) is 51.2 Å². The first-order valence-corrected chi connectivity index (χ1v) is 10.9. The summed E-state index contributed by atoms with van der Waals surface area (Å²) in [5, 5.41) is 13.0. The number of aryl methyl sites for hydroxylation is 1. The van der Waals surface area contributed by atoms with Crippen LogP contribution in [0.15, 0.2) is 42.9 Å². The molecular weight excluding hydrogens is 498 g/mol. The number of pyridine rings is 1. The van der Waals surface area contributed by atoms with Crippen molar-refractivity contribution in [3.8, 4) is 17.0 Å². The second-order valence-corrected chi connectivity index (χ2v) is 8.82. The van der Waals surface area contributed by atoms with Crippen LogP contribution in [0.4, 0.5) is 17.6 Å². The predicted octanol–water partition coefficient (Wildman–Crippen LogP) is 2.30. The monoisotopic (exact) mass is 519 g/mol. The van der Waals surface area contributed by atoms with Gasteiger partial charge in [0, 0.05) is 17.3 Å². The van der Waals surface area contributed by atoms with E-state index < -0.39 is 47.1 Å². The van der Waals surface area contributed by atoms with E-state index in [-0.39, 0.29) is 34.9 Å². The smallest absolute Gasteiger partial charge is 0.424 e. The van der Waals surface area contributed by atoms with Crippen molar-refractivity contribution in [2.75, 3.05) is 13.2 Å². The molecule has 2 aromatic heterocycles. The molecule has 0 fully saturated rings. The minimum Gasteiger partial charge on any atom is -0.489 e. The first kappa shape index (κ1) is 25.9. The molecule has 0 saturated carbocycles. The van der Waals surface area contributed by atoms with Crippen molar-refractivity contribution in [3.63, 3.8) is 0 Å². The lowest BCUT2D eigenvalue weighted by atomic mass is 9.81. The van der Waals surface area contributed by atoms with E-state index in [4.69, 9.17) is 10.5 Å². The van der Waals surface area contributed by atoms with Crippen molar-refractivity contribution in [2.45, 2.75) is 31.0 Å². The zero-order valence-electron chi connectivity index (χ0n) is 19.6. The zero-order chi connectivity index (χ0) is 27.2. The highest BCUT2D eigenvalue weighted by molar-refractivity contribution is 5.93. The van der Waals surface area contributed by atoms with Gasteiger partial charge in [-0.3, -0.25) is 9.59 Å². The molecule has 0 spiro atoms. The number of hydrogen-bond donors (Lipinski definition) is 3. The molecule has 1 unspecified atom stereocenters. The summed E-state index contributed by atoms with van der Waals surface area (Å²) in [4.78, 5) is 36.3. The third kappa shape index (κ3) is 4.46. The van der Waals surface area contributed by atoms with E-state index in [9.17, 15) is 32.3 Å². The largest absolute Gasteiger partial charge is 0.489 e. The minimum absolute atomic E-state index is 0.0261. The van der Waals surface area contributed by atoms with Crippen molar-refractivity contribution in [2.24, 2.45) is 5.73 Å². The SMILES string of the molecule is Cc1cncnc1C(=O)NCC(O)(c1cc2c(c(-c3ccc(F)cc3)n1)OC[C@]2(C)C(N)=O)C(F)(F)F. The summed E-state index contributed by atoms with van der Waals surface area (Å²) >= 11 is 0. The maximum absolute atomic E-state index is 14.4. The third-order valence-electron chi connectivity index (χ3n) is 6.24. The Hall–Kier alpha value is -4.13. The first-order chi connectivity index (χ1) is 17.3. The van der Waals surface area contributed by atoms with Gasteiger partial charge in [0.05, 0.1) is 12.2 Å². The summed E-state index contributed by atoms with van der Waals surface area (Å²) in [6.45, 7) is 1.25. The molecule has 1 aromatic carbocycles. The Balaban J connectivity index is 1.86. The van der Waals surface area contributed by atoms with Gasteiger partial charge in [0.2, 0.25) is 11.5 Å². The number of aliphatic hydroxyl groups is 1. The normalized spacial score (nSPS) is 18.5. The van der Waals surface area contributed by atoms with Crippen molar-refractivity contribution in [1.29, 1.82) is 0 Å². The molecule has 4 rings (SSSR count). The Kier molecular flexibility index (Phi) is 6.36. The lowest BCUT2D eigenvalue weighted by Crippen LogP contribution is -2.52. The summed E-state index contributed by atoms with van der Waals surface area (Å²) in [6, 6.07) is 5.54. The number of aromatic nitrogens is 3. The number of ether oxygens (including phenoxy) is 1. The van der Waals surface area contributed by atoms with Gasteiger partial charge in [-0.1, -0.05) is 0 Å². The van der Waals surface area contributed by atoms with Crippen molar-refractivity contribution in [1.82, 2.24) is 20.3 Å². The van der Waals surface area contributed by atoms with Gasteiger partial charge in [0.25, 0.3) is 5.91 Å². The van der Waals surface area contributed by atoms with Crippen LogP contribution in [0, 0.1) is 12.7 Å². The zero-order valence-corrected chi connectivity index (χ0v) is 19.6. The number of amides is 2. The number of nitrogens with two attached hydrogens (primary N) is 1. The molecule has 2 atom stereocenters. The summed E-state index contributed by atoms with van der Waals surface area (Å²) < 4.78 is 62.3. The Morgan fingerprint density at radius 1 is 1.24 bits per heavy atom. The molecule has 0 radical (unpaired) electrons. The fourth-order valence-electron chi connectivity index (χ4n) is 3.87. The van der Waals surface area contributed by atoms with Gasteiger partial charge >= 0.3 is 6.18 Å². The van der Waals surface area contributed by atoms with Crippen LogP contribution in [0.1, 0.15) is 34.2 Å². The molecule has 0 saturated heterocycles. The molecule has 9 nitrogen and oxygen atoms in total. The standard InChI is InChI=1S/C24H21F4N5O4/c1-12-8-30-11-32-17(12)20(34)31-9-23(36,24(26,27)28)16-7-15-19(37-10-22(15,2)21(29)35)18(33-16)13-3-5-14(25)6-4-13/h3-8,11,36H,9-10H2,1-2H3,(H2,29,35)(H,31,34)/t22-,23?/m0/s1. The van der Waals surface area contributed by atoms with Gasteiger partial charge in [-0.05, 0) is 49.7 Å². The molecule has 1 aliphatic rings. The lowest BCUT2D eigenvalue weighted by Gasteiger charge is -2.31. The van der Waals surface area contributed by atoms with E-state index in [1.54, 1.807) is 0 Å². The Bertz CT molecular complexity index is 1380. The van der Waals surface area contributed by atoms with Gasteiger partial charge in [0.1, 0.15) is 41.3 Å². The molecule has 37 heavy (non-hydrogen) atoms. The second kappa shape index (κ2) is 9.07. The van der Waals surface area contributed by atoms with Crippen molar-refractivity contribution >= 4 is 11.8 Å². The van der Waals surface area contributed by atoms with Crippen LogP contribution >= 0.6 is 0 Å². The highest BCUT2D eigenvalue weighted by Crippen LogP contribution is 2.47. The Morgan fingerprint density at radius 3 is 2.51 bits per heavy atom. The number of carbonyl (C=O) groups excluding carboxylic acids is 2. The summed E-state index contributed by atoms with van der Waals surface area (Å²) in [5.41, 5.74) is -0.545. The number of nitrogens with one attached hydrogen (secondary N) is 1. The summed E-state index contributed by atoms with van der Waals surface area (Å²) in [5.74, 6) is -2.49. The maximum atomic E-state index is 14.4. The second-order valence-electron chi connectivity index (χ2n) is 8.82. The molecular formula is C24H21F4N5O4. The minimum atomic E-state index is -5.33. The van der Waals surface area contributed by atoms with Gasteiger partial charge in [0.15, 0.2) is 0 Å². The molecule has 4 N–H and O–H groups in total. The average molecular weight is 519 g/mol. The number of nitrogens with zero attached hydrogens (tertiary/aromatic N) is 3. The van der Waals surface area contributed by atoms with Crippen molar-refractivity contribution in [3.05, 3.63) is 71.2 Å². The van der Waals surface area contributed by atoms with E-state index >= 15 is 0 Å². The molecule has 2 amide bonds. The molecule has 0 aliphatic carbocycles. The number of primary amides is 1. The number of benzene rings is 1. The van der Waals surface area contributed by atoms with Crippen LogP contribution < -0.4 is 15.8 Å². The van der Waals surface area contributed by atoms with Crippen LogP contribution in [-0.2, 0) is 15.8 Å². The number of alkyl halides is 3. The Labute approximate surface area is 207 Å². The highest BCUT2D eigenvalue weighted by atomic mass is 19.4. The molecule has 1 aliphatic heterocycles. The van der Waals surface area contributed by atoms with Gasteiger partial charge in [-0.2, -0.15) is 13.2 Å². The number of halogens is 4. The van der Waals surface area contributed by atoms with Gasteiger partial charge < -0.3 is 20.9 Å². The third-order valence-corrected chi connectivity index (χ3v) is 6.24. The topological polar surface area (TPSA) is 140 Å². The number of hydrogen-bond acceptors (Lipinski definition) is 7.